The molecule has 0 spiro atoms. The van der Waals surface area contributed by atoms with Crippen molar-refractivity contribution in [3.8, 4) is 0 Å². The van der Waals surface area contributed by atoms with Gasteiger partial charge in [-0.3, -0.25) is 0 Å². The zero-order valence-electron chi connectivity index (χ0n) is 12.4. The first-order valence-corrected chi connectivity index (χ1v) is 9.95. The van der Waals surface area contributed by atoms with E-state index in [4.69, 9.17) is 11.6 Å². The van der Waals surface area contributed by atoms with Crippen LogP contribution in [0, 0.1) is 5.41 Å². The SMILES string of the molecule is CC1(CNS(=O)(=O)c2cc3cc(Cl)ccc3s2)CCNCC1. The highest BCUT2D eigenvalue weighted by Crippen LogP contribution is 2.32. The molecule has 120 valence electrons. The van der Waals surface area contributed by atoms with E-state index in [1.807, 2.05) is 6.07 Å². The molecule has 0 bridgehead atoms. The first kappa shape index (κ1) is 16.2. The molecular weight excluding hydrogens is 340 g/mol. The van der Waals surface area contributed by atoms with Gasteiger partial charge in [-0.25, -0.2) is 13.1 Å². The highest BCUT2D eigenvalue weighted by atomic mass is 35.5. The van der Waals surface area contributed by atoms with Crippen molar-refractivity contribution >= 4 is 43.0 Å². The third kappa shape index (κ3) is 3.46. The molecule has 0 atom stereocenters. The molecule has 0 aliphatic carbocycles. The molecule has 4 nitrogen and oxygen atoms in total. The number of benzene rings is 1. The van der Waals surface area contributed by atoms with Crippen molar-refractivity contribution in [2.45, 2.75) is 24.0 Å². The number of thiophene rings is 1. The van der Waals surface area contributed by atoms with E-state index in [1.54, 1.807) is 18.2 Å². The van der Waals surface area contributed by atoms with Crippen LogP contribution in [-0.4, -0.2) is 28.1 Å². The second-order valence-electron chi connectivity index (χ2n) is 6.13. The van der Waals surface area contributed by atoms with Gasteiger partial charge in [-0.2, -0.15) is 0 Å². The van der Waals surface area contributed by atoms with Crippen LogP contribution in [0.4, 0.5) is 0 Å². The van der Waals surface area contributed by atoms with Gasteiger partial charge in [0.25, 0.3) is 0 Å². The zero-order valence-corrected chi connectivity index (χ0v) is 14.7. The summed E-state index contributed by atoms with van der Waals surface area (Å²) in [6.07, 6.45) is 1.97. The molecule has 2 heterocycles. The average molecular weight is 359 g/mol. The van der Waals surface area contributed by atoms with Crippen LogP contribution in [0.3, 0.4) is 0 Å². The summed E-state index contributed by atoms with van der Waals surface area (Å²) in [5, 5.41) is 4.79. The summed E-state index contributed by atoms with van der Waals surface area (Å²) < 4.78 is 29.1. The maximum absolute atomic E-state index is 12.5. The lowest BCUT2D eigenvalue weighted by Gasteiger charge is -2.33. The summed E-state index contributed by atoms with van der Waals surface area (Å²) >= 11 is 7.23. The summed E-state index contributed by atoms with van der Waals surface area (Å²) in [4.78, 5) is 0. The molecule has 1 saturated heterocycles. The normalized spacial score (nSPS) is 18.6. The molecule has 1 fully saturated rings. The molecule has 3 rings (SSSR count). The van der Waals surface area contributed by atoms with Crippen molar-refractivity contribution in [2.24, 2.45) is 5.41 Å². The van der Waals surface area contributed by atoms with Gasteiger partial charge in [0.15, 0.2) is 0 Å². The number of halogens is 1. The Labute approximate surface area is 139 Å². The lowest BCUT2D eigenvalue weighted by atomic mass is 9.81. The van der Waals surface area contributed by atoms with E-state index < -0.39 is 10.0 Å². The second-order valence-corrected chi connectivity index (χ2v) is 9.65. The lowest BCUT2D eigenvalue weighted by Crippen LogP contribution is -2.42. The van der Waals surface area contributed by atoms with E-state index in [9.17, 15) is 8.42 Å². The van der Waals surface area contributed by atoms with Crippen LogP contribution < -0.4 is 10.0 Å². The quantitative estimate of drug-likeness (QED) is 0.882. The minimum absolute atomic E-state index is 0.0261. The van der Waals surface area contributed by atoms with Gasteiger partial charge in [0.1, 0.15) is 4.21 Å². The molecule has 1 aliphatic heterocycles. The molecule has 0 unspecified atom stereocenters. The Morgan fingerprint density at radius 2 is 2.05 bits per heavy atom. The summed E-state index contributed by atoms with van der Waals surface area (Å²) in [6, 6.07) is 7.12. The van der Waals surface area contributed by atoms with E-state index in [0.29, 0.717) is 15.8 Å². The fourth-order valence-electron chi connectivity index (χ4n) is 2.67. The largest absolute Gasteiger partial charge is 0.317 e. The number of hydrogen-bond acceptors (Lipinski definition) is 4. The highest BCUT2D eigenvalue weighted by molar-refractivity contribution is 7.91. The molecule has 22 heavy (non-hydrogen) atoms. The van der Waals surface area contributed by atoms with Gasteiger partial charge in [-0.05, 0) is 61.0 Å². The Balaban J connectivity index is 1.79. The molecule has 0 amide bonds. The van der Waals surface area contributed by atoms with Crippen LogP contribution in [0.15, 0.2) is 28.5 Å². The van der Waals surface area contributed by atoms with E-state index in [2.05, 4.69) is 17.0 Å². The smallest absolute Gasteiger partial charge is 0.250 e. The molecule has 0 saturated carbocycles. The Hall–Kier alpha value is -0.660. The summed E-state index contributed by atoms with van der Waals surface area (Å²) in [6.45, 7) is 4.51. The van der Waals surface area contributed by atoms with Gasteiger partial charge in [0.05, 0.1) is 0 Å². The van der Waals surface area contributed by atoms with Crippen molar-refractivity contribution in [2.75, 3.05) is 19.6 Å². The first-order chi connectivity index (χ1) is 10.4. The maximum Gasteiger partial charge on any atom is 0.250 e. The van der Waals surface area contributed by atoms with Gasteiger partial charge < -0.3 is 5.32 Å². The van der Waals surface area contributed by atoms with Crippen LogP contribution >= 0.6 is 22.9 Å². The standard InChI is InChI=1S/C15H19ClN2O2S2/c1-15(4-6-17-7-5-15)10-18-22(19,20)14-9-11-8-12(16)2-3-13(11)21-14/h2-3,8-9,17-18H,4-7,10H2,1H3. The van der Waals surface area contributed by atoms with Crippen molar-refractivity contribution in [3.05, 3.63) is 29.3 Å². The molecule has 2 aromatic rings. The molecule has 1 aliphatic rings. The molecule has 0 radical (unpaired) electrons. The fraction of sp³-hybridized carbons (Fsp3) is 0.467. The van der Waals surface area contributed by atoms with E-state index in [0.717, 1.165) is 36.0 Å². The Morgan fingerprint density at radius 3 is 2.77 bits per heavy atom. The van der Waals surface area contributed by atoms with Crippen LogP contribution in [0.2, 0.25) is 5.02 Å². The summed E-state index contributed by atoms with van der Waals surface area (Å²) in [5.41, 5.74) is 0.0261. The number of rotatable bonds is 4. The summed E-state index contributed by atoms with van der Waals surface area (Å²) in [7, 11) is -3.47. The number of hydrogen-bond donors (Lipinski definition) is 2. The topological polar surface area (TPSA) is 58.2 Å². The third-order valence-corrected chi connectivity index (χ3v) is 7.45. The minimum Gasteiger partial charge on any atom is -0.317 e. The monoisotopic (exact) mass is 358 g/mol. The van der Waals surface area contributed by atoms with E-state index in [1.165, 1.54) is 11.3 Å². The number of piperidine rings is 1. The zero-order chi connectivity index (χ0) is 15.8. The van der Waals surface area contributed by atoms with Gasteiger partial charge in [0.2, 0.25) is 10.0 Å². The Morgan fingerprint density at radius 1 is 1.32 bits per heavy atom. The van der Waals surface area contributed by atoms with Crippen molar-refractivity contribution in [1.82, 2.24) is 10.0 Å². The second kappa shape index (κ2) is 6.09. The van der Waals surface area contributed by atoms with Crippen LogP contribution in [0.5, 0.6) is 0 Å². The number of fused-ring (bicyclic) bond motifs is 1. The van der Waals surface area contributed by atoms with Gasteiger partial charge in [0, 0.05) is 16.3 Å². The minimum atomic E-state index is -3.47. The van der Waals surface area contributed by atoms with Crippen LogP contribution in [-0.2, 0) is 10.0 Å². The Bertz CT molecular complexity index is 780. The van der Waals surface area contributed by atoms with Crippen molar-refractivity contribution in [1.29, 1.82) is 0 Å². The number of nitrogens with one attached hydrogen (secondary N) is 2. The molecule has 1 aromatic carbocycles. The number of sulfonamides is 1. The first-order valence-electron chi connectivity index (χ1n) is 7.28. The van der Waals surface area contributed by atoms with E-state index >= 15 is 0 Å². The fourth-order valence-corrected chi connectivity index (χ4v) is 5.47. The predicted octanol–water partition coefficient (Wildman–Crippen LogP) is 3.22. The van der Waals surface area contributed by atoms with Gasteiger partial charge in [-0.1, -0.05) is 18.5 Å². The lowest BCUT2D eigenvalue weighted by molar-refractivity contribution is 0.232. The summed E-state index contributed by atoms with van der Waals surface area (Å²) in [5.74, 6) is 0. The molecule has 2 N–H and O–H groups in total. The van der Waals surface area contributed by atoms with Gasteiger partial charge in [-0.15, -0.1) is 11.3 Å². The molecule has 7 heteroatoms. The van der Waals surface area contributed by atoms with E-state index in [-0.39, 0.29) is 5.41 Å². The third-order valence-electron chi connectivity index (χ3n) is 4.22. The van der Waals surface area contributed by atoms with Gasteiger partial charge >= 0.3 is 0 Å². The predicted molar refractivity (Wildman–Crippen MR) is 92.2 cm³/mol. The van der Waals surface area contributed by atoms with Crippen molar-refractivity contribution < 1.29 is 8.42 Å². The molecule has 1 aromatic heterocycles. The Kier molecular flexibility index (Phi) is 4.49. The maximum atomic E-state index is 12.5. The highest BCUT2D eigenvalue weighted by Gasteiger charge is 2.29. The van der Waals surface area contributed by atoms with Crippen LogP contribution in [0.25, 0.3) is 10.1 Å². The van der Waals surface area contributed by atoms with Crippen LogP contribution in [0.1, 0.15) is 19.8 Å². The molecular formula is C15H19ClN2O2S2. The van der Waals surface area contributed by atoms with Crippen molar-refractivity contribution in [3.63, 3.8) is 0 Å². The average Bonchev–Trinajstić information content (AvgIpc) is 2.90.